The minimum absolute atomic E-state index is 0.181. The van der Waals surface area contributed by atoms with Crippen molar-refractivity contribution in [3.05, 3.63) is 63.5 Å². The number of halogens is 1. The fourth-order valence-electron chi connectivity index (χ4n) is 3.58. The van der Waals surface area contributed by atoms with Crippen molar-refractivity contribution in [2.24, 2.45) is 0 Å². The average Bonchev–Trinajstić information content (AvgIpc) is 3.13. The van der Waals surface area contributed by atoms with Gasteiger partial charge in [0.15, 0.2) is 11.5 Å². The molecule has 0 atom stereocenters. The first-order valence-electron chi connectivity index (χ1n) is 11.2. The van der Waals surface area contributed by atoms with Crippen LogP contribution < -0.4 is 9.47 Å². The Labute approximate surface area is 216 Å². The van der Waals surface area contributed by atoms with E-state index in [9.17, 15) is 19.2 Å². The van der Waals surface area contributed by atoms with Crippen molar-refractivity contribution in [1.29, 1.82) is 0 Å². The van der Waals surface area contributed by atoms with Crippen LogP contribution in [0.2, 0.25) is 5.02 Å². The Morgan fingerprint density at radius 1 is 1.11 bits per heavy atom. The summed E-state index contributed by atoms with van der Waals surface area (Å²) in [6.07, 6.45) is 1.54. The van der Waals surface area contributed by atoms with Gasteiger partial charge in [-0.15, -0.1) is 0 Å². The van der Waals surface area contributed by atoms with Crippen molar-refractivity contribution in [3.8, 4) is 11.5 Å². The zero-order valence-electron chi connectivity index (χ0n) is 19.4. The van der Waals surface area contributed by atoms with Crippen molar-refractivity contribution in [2.75, 3.05) is 39.5 Å². The Bertz CT molecular complexity index is 1230. The Morgan fingerprint density at radius 2 is 1.89 bits per heavy atom. The molecule has 9 nitrogen and oxygen atoms in total. The van der Waals surface area contributed by atoms with Crippen LogP contribution >= 0.6 is 23.4 Å². The third-order valence-corrected chi connectivity index (χ3v) is 6.50. The summed E-state index contributed by atoms with van der Waals surface area (Å²) < 4.78 is 16.4. The van der Waals surface area contributed by atoms with Crippen LogP contribution in [0.4, 0.5) is 4.79 Å². The van der Waals surface area contributed by atoms with Gasteiger partial charge in [0.1, 0.15) is 6.54 Å². The molecule has 11 heteroatoms. The maximum Gasteiger partial charge on any atom is 0.343 e. The van der Waals surface area contributed by atoms with Crippen LogP contribution in [0.3, 0.4) is 0 Å². The van der Waals surface area contributed by atoms with E-state index in [2.05, 4.69) is 0 Å². The molecule has 0 saturated carbocycles. The van der Waals surface area contributed by atoms with Crippen molar-refractivity contribution in [3.63, 3.8) is 0 Å². The molecule has 2 aliphatic heterocycles. The second-order valence-electron chi connectivity index (χ2n) is 7.80. The molecule has 0 radical (unpaired) electrons. The van der Waals surface area contributed by atoms with Crippen molar-refractivity contribution >= 4 is 52.5 Å². The minimum Gasteiger partial charge on any atom is -0.490 e. The third kappa shape index (κ3) is 6.07. The fourth-order valence-corrected chi connectivity index (χ4v) is 4.61. The zero-order chi connectivity index (χ0) is 25.7. The first kappa shape index (κ1) is 25.7. The number of imide groups is 1. The number of rotatable bonds is 7. The number of morpholine rings is 1. The summed E-state index contributed by atoms with van der Waals surface area (Å²) in [5.74, 6) is -0.948. The maximum atomic E-state index is 12.9. The molecule has 2 saturated heterocycles. The first-order chi connectivity index (χ1) is 17.4. The molecule has 2 aromatic rings. The number of ether oxygens (including phenoxy) is 3. The van der Waals surface area contributed by atoms with Gasteiger partial charge >= 0.3 is 5.97 Å². The van der Waals surface area contributed by atoms with Gasteiger partial charge in [0, 0.05) is 18.1 Å². The van der Waals surface area contributed by atoms with E-state index in [0.717, 1.165) is 16.7 Å². The molecule has 36 heavy (non-hydrogen) atoms. The molecule has 2 heterocycles. The standard InChI is InChI=1S/C25H23ClN2O7S/c1-2-34-20-12-16(6-7-19(20)35-24(31)17-4-3-5-18(26)14-17)13-21-23(30)28(25(32)36-21)15-22(29)27-8-10-33-11-9-27/h3-7,12-14H,2,8-11,15H2,1H3/b21-13-. The number of hydrogen-bond donors (Lipinski definition) is 0. The molecule has 0 aliphatic carbocycles. The van der Waals surface area contributed by atoms with Gasteiger partial charge in [-0.1, -0.05) is 23.7 Å². The van der Waals surface area contributed by atoms with E-state index >= 15 is 0 Å². The van der Waals surface area contributed by atoms with Gasteiger partial charge in [-0.05, 0) is 60.7 Å². The van der Waals surface area contributed by atoms with E-state index < -0.39 is 17.1 Å². The Morgan fingerprint density at radius 3 is 2.61 bits per heavy atom. The highest BCUT2D eigenvalue weighted by Gasteiger charge is 2.37. The number of hydrogen-bond acceptors (Lipinski definition) is 8. The zero-order valence-corrected chi connectivity index (χ0v) is 21.0. The summed E-state index contributed by atoms with van der Waals surface area (Å²) in [4.78, 5) is 53.0. The lowest BCUT2D eigenvalue weighted by Crippen LogP contribution is -2.46. The Kier molecular flexibility index (Phi) is 8.29. The van der Waals surface area contributed by atoms with Crippen molar-refractivity contribution in [2.45, 2.75) is 6.92 Å². The van der Waals surface area contributed by atoms with Crippen molar-refractivity contribution in [1.82, 2.24) is 9.80 Å². The summed E-state index contributed by atoms with van der Waals surface area (Å²) in [5, 5.41) is -0.101. The number of nitrogens with zero attached hydrogens (tertiary/aromatic N) is 2. The molecule has 0 bridgehead atoms. The molecule has 0 aromatic heterocycles. The summed E-state index contributed by atoms with van der Waals surface area (Å²) >= 11 is 6.71. The SMILES string of the molecule is CCOc1cc(/C=C2\SC(=O)N(CC(=O)N3CCOCC3)C2=O)ccc1OC(=O)c1cccc(Cl)c1. The van der Waals surface area contributed by atoms with Gasteiger partial charge in [-0.3, -0.25) is 19.3 Å². The predicted octanol–water partition coefficient (Wildman–Crippen LogP) is 3.85. The minimum atomic E-state index is -0.600. The van der Waals surface area contributed by atoms with Crippen LogP contribution in [0.25, 0.3) is 6.08 Å². The Hall–Kier alpha value is -3.34. The van der Waals surface area contributed by atoms with Crippen LogP contribution in [0.1, 0.15) is 22.8 Å². The van der Waals surface area contributed by atoms with Crippen LogP contribution in [0.5, 0.6) is 11.5 Å². The number of carbonyl (C=O) groups excluding carboxylic acids is 4. The molecule has 2 fully saturated rings. The smallest absolute Gasteiger partial charge is 0.343 e. The molecule has 0 spiro atoms. The van der Waals surface area contributed by atoms with Crippen LogP contribution in [0.15, 0.2) is 47.4 Å². The second-order valence-corrected chi connectivity index (χ2v) is 9.23. The van der Waals surface area contributed by atoms with Gasteiger partial charge in [0.25, 0.3) is 11.1 Å². The number of benzene rings is 2. The molecule has 2 aliphatic rings. The van der Waals surface area contributed by atoms with Gasteiger partial charge in [0.2, 0.25) is 5.91 Å². The summed E-state index contributed by atoms with van der Waals surface area (Å²) in [6.45, 7) is 3.50. The van der Waals surface area contributed by atoms with E-state index in [1.165, 1.54) is 12.1 Å². The number of esters is 1. The molecule has 2 aromatic carbocycles. The van der Waals surface area contributed by atoms with Crippen molar-refractivity contribution < 1.29 is 33.4 Å². The van der Waals surface area contributed by atoms with E-state index in [1.54, 1.807) is 48.2 Å². The molecular weight excluding hydrogens is 508 g/mol. The lowest BCUT2D eigenvalue weighted by molar-refractivity contribution is -0.139. The topological polar surface area (TPSA) is 102 Å². The molecule has 0 N–H and O–H groups in total. The van der Waals surface area contributed by atoms with Gasteiger partial charge in [-0.25, -0.2) is 4.79 Å². The molecule has 188 valence electrons. The van der Waals surface area contributed by atoms with E-state index in [4.69, 9.17) is 25.8 Å². The summed E-state index contributed by atoms with van der Waals surface area (Å²) in [6, 6.07) is 11.2. The van der Waals surface area contributed by atoms with Crippen LogP contribution in [0, 0.1) is 0 Å². The second kappa shape index (κ2) is 11.6. The first-order valence-corrected chi connectivity index (χ1v) is 12.4. The number of thioether (sulfide) groups is 1. The van der Waals surface area contributed by atoms with Gasteiger partial charge in [-0.2, -0.15) is 0 Å². The maximum absolute atomic E-state index is 12.9. The van der Waals surface area contributed by atoms with Crippen LogP contribution in [-0.4, -0.2) is 72.3 Å². The van der Waals surface area contributed by atoms with Gasteiger partial charge < -0.3 is 19.1 Å². The largest absolute Gasteiger partial charge is 0.490 e. The van der Waals surface area contributed by atoms with E-state index in [0.29, 0.717) is 49.2 Å². The number of amides is 3. The predicted molar refractivity (Wildman–Crippen MR) is 134 cm³/mol. The normalized spacial score (nSPS) is 17.0. The monoisotopic (exact) mass is 530 g/mol. The van der Waals surface area contributed by atoms with E-state index in [1.807, 2.05) is 0 Å². The summed E-state index contributed by atoms with van der Waals surface area (Å²) in [7, 11) is 0. The average molecular weight is 531 g/mol. The van der Waals surface area contributed by atoms with Gasteiger partial charge in [0.05, 0.1) is 30.3 Å². The quantitative estimate of drug-likeness (QED) is 0.302. The molecule has 0 unspecified atom stereocenters. The Balaban J connectivity index is 1.49. The highest BCUT2D eigenvalue weighted by molar-refractivity contribution is 8.18. The lowest BCUT2D eigenvalue weighted by Gasteiger charge is -2.28. The highest BCUT2D eigenvalue weighted by atomic mass is 35.5. The fraction of sp³-hybridized carbons (Fsp3) is 0.280. The third-order valence-electron chi connectivity index (χ3n) is 5.36. The molecule has 4 rings (SSSR count). The van der Waals surface area contributed by atoms with Crippen LogP contribution in [-0.2, 0) is 14.3 Å². The molecular formula is C25H23ClN2O7S. The summed E-state index contributed by atoms with van der Waals surface area (Å²) in [5.41, 5.74) is 0.848. The molecule has 3 amide bonds. The number of carbonyl (C=O) groups is 4. The lowest BCUT2D eigenvalue weighted by atomic mass is 10.1. The van der Waals surface area contributed by atoms with E-state index in [-0.39, 0.29) is 28.7 Å². The highest BCUT2D eigenvalue weighted by Crippen LogP contribution is 2.35.